The van der Waals surface area contributed by atoms with E-state index in [9.17, 15) is 0 Å². The predicted octanol–water partition coefficient (Wildman–Crippen LogP) is 0.223. The van der Waals surface area contributed by atoms with E-state index in [2.05, 4.69) is 50.0 Å². The van der Waals surface area contributed by atoms with Gasteiger partial charge in [-0.3, -0.25) is 0 Å². The molecule has 0 amide bonds. The number of hydrogen-bond donors (Lipinski definition) is 0. The van der Waals surface area contributed by atoms with Crippen LogP contribution in [0.3, 0.4) is 0 Å². The summed E-state index contributed by atoms with van der Waals surface area (Å²) in [6.45, 7) is 7.21. The maximum atomic E-state index is 2.40. The molecule has 12 heavy (non-hydrogen) atoms. The first-order valence-electron chi connectivity index (χ1n) is 4.12. The van der Waals surface area contributed by atoms with Crippen molar-refractivity contribution in [1.82, 2.24) is 0 Å². The Hall–Kier alpha value is 0.0343. The first kappa shape index (κ1) is 12.0. The summed E-state index contributed by atoms with van der Waals surface area (Å²) in [5.41, 5.74) is 1.49. The molecule has 0 atom stereocenters. The number of hydrogen-bond acceptors (Lipinski definition) is 0. The van der Waals surface area contributed by atoms with Crippen LogP contribution >= 0.6 is 0 Å². The third-order valence-electron chi connectivity index (χ3n) is 1.58. The second-order valence-corrected chi connectivity index (χ2v) is 9.70. The largest absolute Gasteiger partial charge is 1.00 e. The molecule has 1 aromatic carbocycles. The van der Waals surface area contributed by atoms with E-state index in [0.29, 0.717) is 0 Å². The van der Waals surface area contributed by atoms with Crippen molar-refractivity contribution in [2.24, 2.45) is 0 Å². The fourth-order valence-corrected chi connectivity index (χ4v) is 2.67. The predicted molar refractivity (Wildman–Crippen MR) is 54.6 cm³/mol. The quantitative estimate of drug-likeness (QED) is 0.560. The van der Waals surface area contributed by atoms with Gasteiger partial charge in [0.1, 0.15) is 0 Å². The topological polar surface area (TPSA) is 0 Å². The average molecular weight is 172 g/mol. The summed E-state index contributed by atoms with van der Waals surface area (Å²) in [6.07, 6.45) is 0. The minimum absolute atomic E-state index is 0. The van der Waals surface area contributed by atoms with Gasteiger partial charge in [-0.15, -0.1) is 0 Å². The minimum atomic E-state index is -0.898. The molecule has 0 unspecified atom stereocenters. The van der Waals surface area contributed by atoms with Crippen LogP contribution in [0.1, 0.15) is 6.99 Å². The van der Waals surface area contributed by atoms with Gasteiger partial charge in [0.05, 0.1) is 0 Å². The molecule has 62 valence electrons. The van der Waals surface area contributed by atoms with Crippen molar-refractivity contribution in [2.45, 2.75) is 25.7 Å². The molecule has 1 aromatic rings. The van der Waals surface area contributed by atoms with Crippen LogP contribution in [-0.4, -0.2) is 8.07 Å². The van der Waals surface area contributed by atoms with E-state index in [1.54, 1.807) is 0 Å². The van der Waals surface area contributed by atoms with Crippen molar-refractivity contribution in [3.8, 4) is 0 Å². The Morgan fingerprint density at radius 2 is 1.58 bits per heavy atom. The van der Waals surface area contributed by atoms with Crippen molar-refractivity contribution < 1.29 is 20.3 Å². The maximum Gasteiger partial charge on any atom is 1.00 e. The van der Waals surface area contributed by atoms with E-state index in [1.165, 1.54) is 11.6 Å². The maximum absolute atomic E-state index is 2.40. The molecule has 0 aliphatic heterocycles. The molecule has 0 spiro atoms. The molecule has 0 radical (unpaired) electrons. The van der Waals surface area contributed by atoms with Crippen molar-refractivity contribution in [1.29, 1.82) is 0 Å². The zero-order chi connectivity index (χ0) is 8.32. The second kappa shape index (κ2) is 4.92. The van der Waals surface area contributed by atoms with Gasteiger partial charge >= 0.3 is 18.9 Å². The van der Waals surface area contributed by atoms with E-state index in [4.69, 9.17) is 0 Å². The zero-order valence-corrected chi connectivity index (χ0v) is 9.59. The van der Waals surface area contributed by atoms with E-state index < -0.39 is 8.07 Å². The first-order chi connectivity index (χ1) is 5.08. The fourth-order valence-electron chi connectivity index (χ4n) is 1.21. The minimum Gasteiger partial charge on any atom is -1.00 e. The molecule has 0 saturated carbocycles. The molecule has 0 aromatic heterocycles. The molecule has 0 heterocycles. The van der Waals surface area contributed by atoms with Gasteiger partial charge in [-0.25, -0.2) is 0 Å². The monoisotopic (exact) mass is 172 g/mol. The summed E-state index contributed by atoms with van der Waals surface area (Å²) in [7, 11) is -0.898. The second-order valence-electron chi connectivity index (χ2n) is 4.22. The Balaban J connectivity index is 0. The molecule has 0 saturated heterocycles. The van der Waals surface area contributed by atoms with Crippen molar-refractivity contribution in [2.75, 3.05) is 0 Å². The Morgan fingerprint density at radius 3 is 2.00 bits per heavy atom. The summed E-state index contributed by atoms with van der Waals surface area (Å²) in [6, 6.07) is 12.1. The van der Waals surface area contributed by atoms with Gasteiger partial charge in [-0.05, 0) is 6.04 Å². The summed E-state index contributed by atoms with van der Waals surface area (Å²) in [5, 5.41) is 0. The molecule has 0 aliphatic rings. The van der Waals surface area contributed by atoms with Crippen LogP contribution in [0, 0.1) is 0 Å². The van der Waals surface area contributed by atoms with Crippen LogP contribution in [0.15, 0.2) is 30.3 Å². The third kappa shape index (κ3) is 4.82. The van der Waals surface area contributed by atoms with Crippen molar-refractivity contribution in [3.63, 3.8) is 0 Å². The SMILES string of the molecule is C[Si](C)(C)Cc1ccccc1.[H-].[Li+]. The zero-order valence-electron chi connectivity index (χ0n) is 9.59. The standard InChI is InChI=1S/C10H16Si.Li.H/c1-11(2,3)9-10-7-5-4-6-8-10;;/h4-8H,9H2,1-3H3;;/q;+1;-1. The van der Waals surface area contributed by atoms with E-state index >= 15 is 0 Å². The van der Waals surface area contributed by atoms with Crippen LogP contribution in [0.25, 0.3) is 0 Å². The molecule has 0 aliphatic carbocycles. The van der Waals surface area contributed by atoms with Crippen molar-refractivity contribution in [3.05, 3.63) is 35.9 Å². The molecule has 0 bridgehead atoms. The van der Waals surface area contributed by atoms with Crippen LogP contribution in [0.2, 0.25) is 19.6 Å². The first-order valence-corrected chi connectivity index (χ1v) is 7.82. The molecular weight excluding hydrogens is 155 g/mol. The number of benzene rings is 1. The fraction of sp³-hybridized carbons (Fsp3) is 0.400. The van der Waals surface area contributed by atoms with Crippen molar-refractivity contribution >= 4 is 8.07 Å². The Kier molecular flexibility index (Phi) is 4.93. The van der Waals surface area contributed by atoms with Crippen LogP contribution < -0.4 is 18.9 Å². The smallest absolute Gasteiger partial charge is 1.00 e. The van der Waals surface area contributed by atoms with Gasteiger partial charge in [0.15, 0.2) is 0 Å². The Labute approximate surface area is 90.1 Å². The Bertz CT molecular complexity index is 218. The summed E-state index contributed by atoms with van der Waals surface area (Å²) in [5.74, 6) is 0. The number of rotatable bonds is 2. The normalized spacial score (nSPS) is 10.6. The summed E-state index contributed by atoms with van der Waals surface area (Å²) in [4.78, 5) is 0. The van der Waals surface area contributed by atoms with Gasteiger partial charge in [0.25, 0.3) is 0 Å². The van der Waals surface area contributed by atoms with Gasteiger partial charge in [0, 0.05) is 8.07 Å². The van der Waals surface area contributed by atoms with Gasteiger partial charge in [-0.2, -0.15) is 0 Å². The van der Waals surface area contributed by atoms with Crippen LogP contribution in [0.5, 0.6) is 0 Å². The molecule has 0 nitrogen and oxygen atoms in total. The average Bonchev–Trinajstić information content (AvgIpc) is 1.85. The molecule has 1 rings (SSSR count). The molecule has 0 N–H and O–H groups in total. The third-order valence-corrected chi connectivity index (χ3v) is 3.05. The van der Waals surface area contributed by atoms with E-state index in [0.717, 1.165) is 0 Å². The molecular formula is C10H17LiSi. The van der Waals surface area contributed by atoms with Gasteiger partial charge in [0.2, 0.25) is 0 Å². The van der Waals surface area contributed by atoms with Gasteiger partial charge < -0.3 is 1.43 Å². The molecule has 2 heteroatoms. The van der Waals surface area contributed by atoms with Gasteiger partial charge in [-0.1, -0.05) is 55.5 Å². The Morgan fingerprint density at radius 1 is 1.08 bits per heavy atom. The van der Waals surface area contributed by atoms with E-state index in [-0.39, 0.29) is 20.3 Å². The summed E-state index contributed by atoms with van der Waals surface area (Å²) >= 11 is 0. The van der Waals surface area contributed by atoms with Crippen LogP contribution in [0.4, 0.5) is 0 Å². The molecule has 0 fully saturated rings. The van der Waals surface area contributed by atoms with E-state index in [1.807, 2.05) is 0 Å². The van der Waals surface area contributed by atoms with Crippen LogP contribution in [-0.2, 0) is 6.04 Å². The summed E-state index contributed by atoms with van der Waals surface area (Å²) < 4.78 is 0.